The predicted molar refractivity (Wildman–Crippen MR) is 105 cm³/mol. The van der Waals surface area contributed by atoms with Gasteiger partial charge in [-0.3, -0.25) is 9.78 Å². The quantitative estimate of drug-likeness (QED) is 0.657. The summed E-state index contributed by atoms with van der Waals surface area (Å²) in [4.78, 5) is 16.7. The molecule has 1 aliphatic rings. The summed E-state index contributed by atoms with van der Waals surface area (Å²) in [6, 6.07) is 11.0. The van der Waals surface area contributed by atoms with E-state index in [1.807, 2.05) is 41.1 Å². The van der Waals surface area contributed by atoms with Crippen LogP contribution in [0.3, 0.4) is 0 Å². The van der Waals surface area contributed by atoms with Gasteiger partial charge < -0.3 is 14.9 Å². The van der Waals surface area contributed by atoms with Gasteiger partial charge in [0.15, 0.2) is 5.82 Å². The predicted octanol–water partition coefficient (Wildman–Crippen LogP) is 2.67. The van der Waals surface area contributed by atoms with E-state index in [1.54, 1.807) is 26.4 Å². The van der Waals surface area contributed by atoms with Gasteiger partial charge in [-0.25, -0.2) is 4.68 Å². The second kappa shape index (κ2) is 7.89. The average molecular weight is 397 g/mol. The molecule has 0 amide bonds. The van der Waals surface area contributed by atoms with Gasteiger partial charge in [0.2, 0.25) is 5.16 Å². The summed E-state index contributed by atoms with van der Waals surface area (Å²) >= 11 is 1.34. The standard InChI is InChI=1S/C19H19N5O3S/c1-3-27-18(25)16-15(12-4-6-14(26-2)7-5-12)23-24-17(21-22-19(24)28-16)13-8-10-20-11-9-13/h4-11,15-16,23H,3H2,1-2H3/t15-,16-/m1/s1. The van der Waals surface area contributed by atoms with Crippen molar-refractivity contribution in [1.82, 2.24) is 19.9 Å². The van der Waals surface area contributed by atoms with E-state index in [2.05, 4.69) is 20.6 Å². The molecule has 0 fully saturated rings. The van der Waals surface area contributed by atoms with Crippen molar-refractivity contribution >= 4 is 17.7 Å². The SMILES string of the molecule is CCOC(=O)[C@@H]1Sc2nnc(-c3ccncc3)n2N[C@@H]1c1ccc(OC)cc1. The molecule has 0 radical (unpaired) electrons. The molecule has 0 saturated heterocycles. The highest BCUT2D eigenvalue weighted by atomic mass is 32.2. The van der Waals surface area contributed by atoms with Crippen LogP contribution in [0.25, 0.3) is 11.4 Å². The number of nitrogens with zero attached hydrogens (tertiary/aromatic N) is 4. The second-order valence-corrected chi connectivity index (χ2v) is 7.16. The van der Waals surface area contributed by atoms with Crippen LogP contribution in [-0.4, -0.2) is 44.8 Å². The molecule has 2 atom stereocenters. The van der Waals surface area contributed by atoms with Gasteiger partial charge in [0.25, 0.3) is 0 Å². The van der Waals surface area contributed by atoms with Gasteiger partial charge in [-0.1, -0.05) is 23.9 Å². The molecule has 144 valence electrons. The first-order valence-corrected chi connectivity index (χ1v) is 9.69. The van der Waals surface area contributed by atoms with Crippen LogP contribution in [-0.2, 0) is 9.53 Å². The molecule has 0 spiro atoms. The van der Waals surface area contributed by atoms with Crippen molar-refractivity contribution in [2.75, 3.05) is 19.1 Å². The van der Waals surface area contributed by atoms with Gasteiger partial charge in [0, 0.05) is 18.0 Å². The van der Waals surface area contributed by atoms with E-state index in [-0.39, 0.29) is 12.0 Å². The van der Waals surface area contributed by atoms with Crippen LogP contribution in [0.4, 0.5) is 0 Å². The molecule has 2 aromatic heterocycles. The van der Waals surface area contributed by atoms with E-state index in [4.69, 9.17) is 9.47 Å². The van der Waals surface area contributed by atoms with Crippen molar-refractivity contribution < 1.29 is 14.3 Å². The molecule has 0 aliphatic carbocycles. The Hall–Kier alpha value is -3.07. The number of ether oxygens (including phenoxy) is 2. The molecule has 9 heteroatoms. The number of methoxy groups -OCH3 is 1. The Kier molecular flexibility index (Phi) is 5.16. The van der Waals surface area contributed by atoms with Crippen molar-refractivity contribution in [2.45, 2.75) is 23.4 Å². The van der Waals surface area contributed by atoms with Gasteiger partial charge in [0.05, 0.1) is 19.8 Å². The Morgan fingerprint density at radius 3 is 2.61 bits per heavy atom. The number of carbonyl (C=O) groups is 1. The number of aromatic nitrogens is 4. The van der Waals surface area contributed by atoms with Crippen molar-refractivity contribution in [1.29, 1.82) is 0 Å². The molecule has 28 heavy (non-hydrogen) atoms. The van der Waals surface area contributed by atoms with Crippen LogP contribution in [0.1, 0.15) is 18.5 Å². The summed E-state index contributed by atoms with van der Waals surface area (Å²) < 4.78 is 12.3. The van der Waals surface area contributed by atoms with Crippen molar-refractivity contribution in [3.8, 4) is 17.1 Å². The minimum Gasteiger partial charge on any atom is -0.497 e. The number of carbonyl (C=O) groups excluding carboxylic acids is 1. The highest BCUT2D eigenvalue weighted by molar-refractivity contribution is 8.00. The molecule has 0 saturated carbocycles. The summed E-state index contributed by atoms with van der Waals surface area (Å²) in [5, 5.41) is 8.66. The summed E-state index contributed by atoms with van der Waals surface area (Å²) in [6.07, 6.45) is 3.41. The largest absolute Gasteiger partial charge is 0.497 e. The first-order chi connectivity index (χ1) is 13.7. The first kappa shape index (κ1) is 18.3. The third-order valence-corrected chi connectivity index (χ3v) is 5.56. The maximum absolute atomic E-state index is 12.6. The molecule has 4 rings (SSSR count). The Labute approximate surface area is 166 Å². The van der Waals surface area contributed by atoms with Crippen molar-refractivity contribution in [2.24, 2.45) is 0 Å². The summed E-state index contributed by atoms with van der Waals surface area (Å²) in [6.45, 7) is 2.12. The highest BCUT2D eigenvalue weighted by Crippen LogP contribution is 2.39. The smallest absolute Gasteiger partial charge is 0.322 e. The van der Waals surface area contributed by atoms with E-state index < -0.39 is 5.25 Å². The number of pyridine rings is 1. The van der Waals surface area contributed by atoms with Crippen LogP contribution in [0, 0.1) is 0 Å². The van der Waals surface area contributed by atoms with E-state index in [0.29, 0.717) is 17.6 Å². The molecule has 3 heterocycles. The van der Waals surface area contributed by atoms with Crippen LogP contribution in [0.5, 0.6) is 5.75 Å². The zero-order valence-electron chi connectivity index (χ0n) is 15.4. The molecule has 1 aromatic carbocycles. The van der Waals surface area contributed by atoms with E-state index >= 15 is 0 Å². The molecule has 0 bridgehead atoms. The average Bonchev–Trinajstić information content (AvgIpc) is 3.16. The Morgan fingerprint density at radius 2 is 1.93 bits per heavy atom. The van der Waals surface area contributed by atoms with Crippen molar-refractivity contribution in [3.05, 3.63) is 54.4 Å². The zero-order valence-corrected chi connectivity index (χ0v) is 16.2. The van der Waals surface area contributed by atoms with Crippen LogP contribution in [0.15, 0.2) is 53.9 Å². The third-order valence-electron chi connectivity index (χ3n) is 4.37. The van der Waals surface area contributed by atoms with Crippen molar-refractivity contribution in [3.63, 3.8) is 0 Å². The normalized spacial score (nSPS) is 18.1. The number of rotatable bonds is 5. The Balaban J connectivity index is 1.73. The number of nitrogens with one attached hydrogen (secondary N) is 1. The minimum atomic E-state index is -0.490. The van der Waals surface area contributed by atoms with E-state index in [0.717, 1.165) is 16.9 Å². The summed E-state index contributed by atoms with van der Waals surface area (Å²) in [7, 11) is 1.62. The van der Waals surface area contributed by atoms with Gasteiger partial charge in [-0.2, -0.15) is 0 Å². The fourth-order valence-corrected chi connectivity index (χ4v) is 4.09. The lowest BCUT2D eigenvalue weighted by Crippen LogP contribution is -2.39. The minimum absolute atomic E-state index is 0.291. The number of esters is 1. The Morgan fingerprint density at radius 1 is 1.18 bits per heavy atom. The molecule has 1 N–H and O–H groups in total. The molecule has 8 nitrogen and oxygen atoms in total. The lowest BCUT2D eigenvalue weighted by atomic mass is 10.0. The lowest BCUT2D eigenvalue weighted by molar-refractivity contribution is -0.142. The van der Waals surface area contributed by atoms with Crippen LogP contribution in [0.2, 0.25) is 0 Å². The lowest BCUT2D eigenvalue weighted by Gasteiger charge is -2.32. The number of fused-ring (bicyclic) bond motifs is 1. The zero-order chi connectivity index (χ0) is 19.5. The van der Waals surface area contributed by atoms with Gasteiger partial charge in [-0.05, 0) is 36.8 Å². The maximum Gasteiger partial charge on any atom is 0.322 e. The Bertz CT molecular complexity index is 961. The third kappa shape index (κ3) is 3.40. The number of hydrogen-bond donors (Lipinski definition) is 1. The number of benzene rings is 1. The maximum atomic E-state index is 12.6. The van der Waals surface area contributed by atoms with Gasteiger partial charge >= 0.3 is 5.97 Å². The molecule has 0 unspecified atom stereocenters. The molecule has 3 aromatic rings. The van der Waals surface area contributed by atoms with Gasteiger partial charge in [-0.15, -0.1) is 10.2 Å². The van der Waals surface area contributed by atoms with E-state index in [9.17, 15) is 4.79 Å². The van der Waals surface area contributed by atoms with Crippen LogP contribution >= 0.6 is 11.8 Å². The molecular formula is C19H19N5O3S. The fraction of sp³-hybridized carbons (Fsp3) is 0.263. The number of thioether (sulfide) groups is 1. The van der Waals surface area contributed by atoms with Gasteiger partial charge in [0.1, 0.15) is 11.0 Å². The second-order valence-electron chi connectivity index (χ2n) is 6.05. The molecular weight excluding hydrogens is 378 g/mol. The summed E-state index contributed by atoms with van der Waals surface area (Å²) in [5.41, 5.74) is 5.21. The number of hydrogen-bond acceptors (Lipinski definition) is 8. The van der Waals surface area contributed by atoms with E-state index in [1.165, 1.54) is 11.8 Å². The topological polar surface area (TPSA) is 91.2 Å². The van der Waals surface area contributed by atoms with Crippen LogP contribution < -0.4 is 10.2 Å². The first-order valence-electron chi connectivity index (χ1n) is 8.81. The fourth-order valence-electron chi connectivity index (χ4n) is 3.01. The summed E-state index contributed by atoms with van der Waals surface area (Å²) in [5.74, 6) is 1.12. The molecule has 1 aliphatic heterocycles. The monoisotopic (exact) mass is 397 g/mol. The highest BCUT2D eigenvalue weighted by Gasteiger charge is 2.39.